The number of carboxylic acids is 1. The molecule has 1 aromatic rings. The van der Waals surface area contributed by atoms with E-state index in [9.17, 15) is 9.59 Å². The second kappa shape index (κ2) is 8.45. The Morgan fingerprint density at radius 3 is 2.64 bits per heavy atom. The molecule has 1 amide bonds. The highest BCUT2D eigenvalue weighted by molar-refractivity contribution is 5.88. The van der Waals surface area contributed by atoms with E-state index in [1.54, 1.807) is 24.3 Å². The van der Waals surface area contributed by atoms with E-state index in [1.807, 2.05) is 4.90 Å². The fraction of sp³-hybridized carbons (Fsp3) is 0.579. The van der Waals surface area contributed by atoms with E-state index >= 15 is 0 Å². The lowest BCUT2D eigenvalue weighted by Crippen LogP contribution is -2.44. The van der Waals surface area contributed by atoms with Gasteiger partial charge in [0, 0.05) is 39.3 Å². The number of piperidine rings is 1. The van der Waals surface area contributed by atoms with Crippen molar-refractivity contribution >= 4 is 11.9 Å². The van der Waals surface area contributed by atoms with E-state index in [0.29, 0.717) is 0 Å². The maximum atomic E-state index is 12.9. The molecular formula is C19H26N2O4. The molecule has 3 rings (SSSR count). The number of carboxylic acid groups (broad SMARTS) is 1. The van der Waals surface area contributed by atoms with Crippen LogP contribution in [0.2, 0.25) is 0 Å². The molecule has 0 aromatic heterocycles. The second-order valence-corrected chi connectivity index (χ2v) is 6.75. The molecule has 136 valence electrons. The van der Waals surface area contributed by atoms with E-state index < -0.39 is 5.97 Å². The monoisotopic (exact) mass is 346 g/mol. The predicted molar refractivity (Wildman–Crippen MR) is 93.8 cm³/mol. The van der Waals surface area contributed by atoms with Gasteiger partial charge in [-0.3, -0.25) is 9.69 Å². The van der Waals surface area contributed by atoms with Crippen LogP contribution >= 0.6 is 0 Å². The molecule has 1 aromatic carbocycles. The van der Waals surface area contributed by atoms with Crippen LogP contribution in [-0.4, -0.2) is 72.7 Å². The Kier molecular flexibility index (Phi) is 6.04. The van der Waals surface area contributed by atoms with Gasteiger partial charge in [-0.25, -0.2) is 4.79 Å². The molecule has 25 heavy (non-hydrogen) atoms. The van der Waals surface area contributed by atoms with Gasteiger partial charge in [-0.1, -0.05) is 12.1 Å². The van der Waals surface area contributed by atoms with Crippen LogP contribution in [0.25, 0.3) is 0 Å². The van der Waals surface area contributed by atoms with Gasteiger partial charge in [0.1, 0.15) is 0 Å². The lowest BCUT2D eigenvalue weighted by molar-refractivity contribution is -0.135. The van der Waals surface area contributed by atoms with Crippen LogP contribution < -0.4 is 0 Å². The van der Waals surface area contributed by atoms with E-state index in [0.717, 1.165) is 70.8 Å². The maximum absolute atomic E-state index is 12.9. The summed E-state index contributed by atoms with van der Waals surface area (Å²) in [5.41, 5.74) is 1.18. The fourth-order valence-electron chi connectivity index (χ4n) is 3.61. The van der Waals surface area contributed by atoms with Crippen LogP contribution in [0.1, 0.15) is 41.1 Å². The SMILES string of the molecule is O=C(O)c1ccc(C2CCCN(CCN3CCCOCC3)C2=O)cc1. The molecule has 2 aliphatic rings. The number of hydrogen-bond acceptors (Lipinski definition) is 4. The molecule has 6 heteroatoms. The van der Waals surface area contributed by atoms with Gasteiger partial charge in [0.2, 0.25) is 5.91 Å². The zero-order chi connectivity index (χ0) is 17.6. The molecule has 1 atom stereocenters. The van der Waals surface area contributed by atoms with Crippen LogP contribution in [0.5, 0.6) is 0 Å². The first kappa shape index (κ1) is 17.9. The lowest BCUT2D eigenvalue weighted by atomic mass is 9.89. The average molecular weight is 346 g/mol. The molecule has 1 unspecified atom stereocenters. The number of hydrogen-bond donors (Lipinski definition) is 1. The summed E-state index contributed by atoms with van der Waals surface area (Å²) >= 11 is 0. The minimum Gasteiger partial charge on any atom is -0.478 e. The van der Waals surface area contributed by atoms with Gasteiger partial charge in [0.25, 0.3) is 0 Å². The molecule has 2 saturated heterocycles. The Labute approximate surface area is 148 Å². The molecule has 6 nitrogen and oxygen atoms in total. The Balaban J connectivity index is 1.59. The Morgan fingerprint density at radius 2 is 1.88 bits per heavy atom. The van der Waals surface area contributed by atoms with Crippen molar-refractivity contribution in [1.29, 1.82) is 0 Å². The average Bonchev–Trinajstić information content (AvgIpc) is 2.90. The summed E-state index contributed by atoms with van der Waals surface area (Å²) in [7, 11) is 0. The number of carbonyl (C=O) groups is 2. The molecule has 0 radical (unpaired) electrons. The fourth-order valence-corrected chi connectivity index (χ4v) is 3.61. The standard InChI is InChI=1S/C19H26N2O4/c22-18-17(15-4-6-16(7-5-15)19(23)24)3-1-9-21(18)11-10-20-8-2-13-25-14-12-20/h4-7,17H,1-3,8-14H2,(H,23,24). The first-order valence-corrected chi connectivity index (χ1v) is 9.07. The van der Waals surface area contributed by atoms with Crippen molar-refractivity contribution in [1.82, 2.24) is 9.80 Å². The molecule has 2 heterocycles. The summed E-state index contributed by atoms with van der Waals surface area (Å²) in [5, 5.41) is 9.01. The van der Waals surface area contributed by atoms with Gasteiger partial charge in [0.05, 0.1) is 18.1 Å². The highest BCUT2D eigenvalue weighted by Gasteiger charge is 2.30. The normalized spacial score (nSPS) is 22.6. The van der Waals surface area contributed by atoms with E-state index in [-0.39, 0.29) is 17.4 Å². The van der Waals surface area contributed by atoms with Crippen molar-refractivity contribution in [2.45, 2.75) is 25.2 Å². The number of carbonyl (C=O) groups excluding carboxylic acids is 1. The summed E-state index contributed by atoms with van der Waals surface area (Å²) in [6, 6.07) is 6.73. The molecule has 1 N–H and O–H groups in total. The van der Waals surface area contributed by atoms with Crippen molar-refractivity contribution < 1.29 is 19.4 Å². The third-order valence-corrected chi connectivity index (χ3v) is 5.09. The number of nitrogens with zero attached hydrogens (tertiary/aromatic N) is 2. The maximum Gasteiger partial charge on any atom is 0.335 e. The van der Waals surface area contributed by atoms with Crippen LogP contribution in [0.3, 0.4) is 0 Å². The molecule has 0 bridgehead atoms. The minimum absolute atomic E-state index is 0.149. The molecule has 2 fully saturated rings. The summed E-state index contributed by atoms with van der Waals surface area (Å²) in [4.78, 5) is 28.2. The van der Waals surface area contributed by atoms with Gasteiger partial charge in [-0.15, -0.1) is 0 Å². The van der Waals surface area contributed by atoms with E-state index in [1.165, 1.54) is 0 Å². The van der Waals surface area contributed by atoms with Crippen molar-refractivity contribution in [2.24, 2.45) is 0 Å². The number of ether oxygens (including phenoxy) is 1. The van der Waals surface area contributed by atoms with Gasteiger partial charge < -0.3 is 14.7 Å². The largest absolute Gasteiger partial charge is 0.478 e. The van der Waals surface area contributed by atoms with Crippen LogP contribution in [0.4, 0.5) is 0 Å². The number of rotatable bonds is 5. The van der Waals surface area contributed by atoms with Crippen molar-refractivity contribution in [2.75, 3.05) is 45.9 Å². The predicted octanol–water partition coefficient (Wildman–Crippen LogP) is 1.81. The smallest absolute Gasteiger partial charge is 0.335 e. The summed E-state index contributed by atoms with van der Waals surface area (Å²) < 4.78 is 5.47. The van der Waals surface area contributed by atoms with Crippen LogP contribution in [-0.2, 0) is 9.53 Å². The van der Waals surface area contributed by atoms with Gasteiger partial charge in [0.15, 0.2) is 0 Å². The zero-order valence-corrected chi connectivity index (χ0v) is 14.5. The Morgan fingerprint density at radius 1 is 1.08 bits per heavy atom. The topological polar surface area (TPSA) is 70.1 Å². The lowest BCUT2D eigenvalue weighted by Gasteiger charge is -2.34. The molecular weight excluding hydrogens is 320 g/mol. The quantitative estimate of drug-likeness (QED) is 0.881. The summed E-state index contributed by atoms with van der Waals surface area (Å²) in [5.74, 6) is -0.922. The first-order valence-electron chi connectivity index (χ1n) is 9.07. The second-order valence-electron chi connectivity index (χ2n) is 6.75. The summed E-state index contributed by atoms with van der Waals surface area (Å²) in [6.07, 6.45) is 2.87. The number of likely N-dealkylation sites (tertiary alicyclic amines) is 1. The minimum atomic E-state index is -0.940. The van der Waals surface area contributed by atoms with Gasteiger partial charge in [-0.05, 0) is 37.0 Å². The highest BCUT2D eigenvalue weighted by atomic mass is 16.5. The van der Waals surface area contributed by atoms with Crippen molar-refractivity contribution in [3.63, 3.8) is 0 Å². The van der Waals surface area contributed by atoms with E-state index in [2.05, 4.69) is 4.90 Å². The third-order valence-electron chi connectivity index (χ3n) is 5.09. The number of amides is 1. The number of aromatic carboxylic acids is 1. The summed E-state index contributed by atoms with van der Waals surface area (Å²) in [6.45, 7) is 6.01. The van der Waals surface area contributed by atoms with Crippen LogP contribution in [0.15, 0.2) is 24.3 Å². The van der Waals surface area contributed by atoms with Gasteiger partial charge in [-0.2, -0.15) is 0 Å². The van der Waals surface area contributed by atoms with Crippen molar-refractivity contribution in [3.8, 4) is 0 Å². The van der Waals surface area contributed by atoms with E-state index in [4.69, 9.17) is 9.84 Å². The Hall–Kier alpha value is -1.92. The molecule has 2 aliphatic heterocycles. The zero-order valence-electron chi connectivity index (χ0n) is 14.5. The highest BCUT2D eigenvalue weighted by Crippen LogP contribution is 2.28. The molecule has 0 saturated carbocycles. The number of benzene rings is 1. The molecule has 0 aliphatic carbocycles. The molecule has 0 spiro atoms. The Bertz CT molecular complexity index is 594. The van der Waals surface area contributed by atoms with Gasteiger partial charge >= 0.3 is 5.97 Å². The van der Waals surface area contributed by atoms with Crippen LogP contribution in [0, 0.1) is 0 Å². The first-order chi connectivity index (χ1) is 12.1. The third kappa shape index (κ3) is 4.58. The van der Waals surface area contributed by atoms with Crippen molar-refractivity contribution in [3.05, 3.63) is 35.4 Å².